The number of anilines is 2. The number of rotatable bonds is 9. The normalized spacial score (nSPS) is 11.8. The van der Waals surface area contributed by atoms with Crippen molar-refractivity contribution in [3.8, 4) is 0 Å². The number of hydrogen-bond donors (Lipinski definition) is 3. The number of aryl methyl sites for hydroxylation is 1. The van der Waals surface area contributed by atoms with Crippen LogP contribution in [0.5, 0.6) is 0 Å². The highest BCUT2D eigenvalue weighted by atomic mass is 32.1. The third-order valence-corrected chi connectivity index (χ3v) is 5.70. The zero-order valence-electron chi connectivity index (χ0n) is 16.4. The molecule has 3 rings (SSSR count). The van der Waals surface area contributed by atoms with Crippen molar-refractivity contribution in [1.29, 1.82) is 0 Å². The van der Waals surface area contributed by atoms with Crippen molar-refractivity contribution in [1.82, 2.24) is 0 Å². The Kier molecular flexibility index (Phi) is 6.72. The second-order valence-electron chi connectivity index (χ2n) is 6.83. The number of hydrogen-bond acceptors (Lipinski definition) is 6. The molecule has 0 aliphatic heterocycles. The molecule has 1 heterocycles. The van der Waals surface area contributed by atoms with Crippen molar-refractivity contribution in [3.63, 3.8) is 0 Å². The van der Waals surface area contributed by atoms with Gasteiger partial charge in [-0.1, -0.05) is 24.3 Å². The molecule has 0 radical (unpaired) electrons. The summed E-state index contributed by atoms with van der Waals surface area (Å²) in [7, 11) is 1.29. The first-order valence-electron chi connectivity index (χ1n) is 9.31. The Bertz CT molecular complexity index is 1010. The smallest absolute Gasteiger partial charge is 0.307 e. The fourth-order valence-electron chi connectivity index (χ4n) is 3.32. The van der Waals surface area contributed by atoms with Crippen LogP contribution >= 0.6 is 11.3 Å². The largest absolute Gasteiger partial charge is 0.481 e. The topological polar surface area (TPSA) is 87.7 Å². The van der Waals surface area contributed by atoms with Gasteiger partial charge in [0.2, 0.25) is 0 Å². The summed E-state index contributed by atoms with van der Waals surface area (Å²) in [4.78, 5) is 22.8. The first-order valence-corrected chi connectivity index (χ1v) is 10.2. The molecule has 152 valence electrons. The molecular weight excluding hydrogens is 388 g/mol. The summed E-state index contributed by atoms with van der Waals surface area (Å²) in [6.45, 7) is 2.75. The number of fused-ring (bicyclic) bond motifs is 1. The van der Waals surface area contributed by atoms with Crippen molar-refractivity contribution in [2.45, 2.75) is 32.4 Å². The summed E-state index contributed by atoms with van der Waals surface area (Å²) in [6.07, 6.45) is -0.205. The van der Waals surface area contributed by atoms with Gasteiger partial charge in [-0.05, 0) is 41.6 Å². The lowest BCUT2D eigenvalue weighted by molar-refractivity contribution is -0.141. The number of ether oxygens (including phenoxy) is 1. The zero-order chi connectivity index (χ0) is 20.8. The minimum absolute atomic E-state index is 0.0223. The highest BCUT2D eigenvalue weighted by Crippen LogP contribution is 2.30. The molecule has 1 aromatic heterocycles. The lowest BCUT2D eigenvalue weighted by Gasteiger charge is -2.20. The predicted octanol–water partition coefficient (Wildman–Crippen LogP) is 4.64. The van der Waals surface area contributed by atoms with Gasteiger partial charge in [-0.25, -0.2) is 0 Å². The number of carboxylic acid groups (broad SMARTS) is 1. The van der Waals surface area contributed by atoms with Gasteiger partial charge < -0.3 is 20.5 Å². The Hall–Kier alpha value is -3.06. The minimum atomic E-state index is -0.975. The van der Waals surface area contributed by atoms with Crippen LogP contribution in [0.4, 0.5) is 11.4 Å². The Morgan fingerprint density at radius 1 is 1.10 bits per heavy atom. The number of nitrogens with one attached hydrogen (secondary N) is 2. The Balaban J connectivity index is 1.77. The maximum Gasteiger partial charge on any atom is 0.307 e. The van der Waals surface area contributed by atoms with Gasteiger partial charge >= 0.3 is 11.9 Å². The van der Waals surface area contributed by atoms with Crippen LogP contribution in [-0.2, 0) is 20.9 Å². The second kappa shape index (κ2) is 9.43. The van der Waals surface area contributed by atoms with Gasteiger partial charge in [0.25, 0.3) is 0 Å². The molecule has 2 aromatic carbocycles. The summed E-state index contributed by atoms with van der Waals surface area (Å²) in [5, 5.41) is 19.2. The number of carboxylic acids is 1. The van der Waals surface area contributed by atoms with Crippen LogP contribution in [0.15, 0.2) is 47.8 Å². The summed E-state index contributed by atoms with van der Waals surface area (Å²) in [5.41, 5.74) is 4.06. The van der Waals surface area contributed by atoms with Gasteiger partial charge in [0.1, 0.15) is 0 Å². The van der Waals surface area contributed by atoms with Crippen molar-refractivity contribution < 1.29 is 19.4 Å². The van der Waals surface area contributed by atoms with Crippen molar-refractivity contribution in [2.24, 2.45) is 0 Å². The molecule has 0 aliphatic rings. The number of carbonyl (C=O) groups excluding carboxylic acids is 1. The van der Waals surface area contributed by atoms with Gasteiger partial charge in [0, 0.05) is 22.7 Å². The molecule has 0 spiro atoms. The highest BCUT2D eigenvalue weighted by Gasteiger charge is 2.19. The molecule has 29 heavy (non-hydrogen) atoms. The molecule has 0 saturated carbocycles. The van der Waals surface area contributed by atoms with Crippen molar-refractivity contribution >= 4 is 44.7 Å². The number of thiophene rings is 1. The van der Waals surface area contributed by atoms with E-state index in [9.17, 15) is 9.59 Å². The van der Waals surface area contributed by atoms with E-state index in [1.54, 1.807) is 11.3 Å². The molecular formula is C22H24N2O4S. The lowest BCUT2D eigenvalue weighted by Crippen LogP contribution is -2.27. The molecule has 3 N–H and O–H groups in total. The maximum absolute atomic E-state index is 11.6. The number of methoxy groups -OCH3 is 1. The number of benzene rings is 2. The summed E-state index contributed by atoms with van der Waals surface area (Å²) >= 11 is 1.72. The van der Waals surface area contributed by atoms with Gasteiger partial charge in [-0.3, -0.25) is 9.59 Å². The quantitative estimate of drug-likeness (QED) is 0.444. The van der Waals surface area contributed by atoms with E-state index in [0.29, 0.717) is 6.54 Å². The molecule has 0 aliphatic carbocycles. The van der Waals surface area contributed by atoms with Crippen molar-refractivity contribution in [3.05, 3.63) is 59.0 Å². The molecule has 1 atom stereocenters. The average molecular weight is 413 g/mol. The number of esters is 1. The van der Waals surface area contributed by atoms with Crippen LogP contribution in [0.3, 0.4) is 0 Å². The zero-order valence-corrected chi connectivity index (χ0v) is 17.2. The average Bonchev–Trinajstić information content (AvgIpc) is 3.11. The molecule has 1 unspecified atom stereocenters. The predicted molar refractivity (Wildman–Crippen MR) is 117 cm³/mol. The van der Waals surface area contributed by atoms with E-state index < -0.39 is 18.0 Å². The first-order chi connectivity index (χ1) is 14.0. The first kappa shape index (κ1) is 20.7. The molecule has 6 nitrogen and oxygen atoms in total. The van der Waals surface area contributed by atoms with Crippen molar-refractivity contribution in [2.75, 3.05) is 17.7 Å². The van der Waals surface area contributed by atoms with Gasteiger partial charge in [0.05, 0.1) is 31.3 Å². The Morgan fingerprint density at radius 3 is 2.59 bits per heavy atom. The van der Waals surface area contributed by atoms with Crippen LogP contribution in [0.1, 0.15) is 24.0 Å². The molecule has 0 amide bonds. The maximum atomic E-state index is 11.6. The number of carbonyl (C=O) groups is 2. The van der Waals surface area contributed by atoms with Crippen LogP contribution in [0, 0.1) is 6.92 Å². The lowest BCUT2D eigenvalue weighted by atomic mass is 10.1. The molecule has 0 saturated heterocycles. The summed E-state index contributed by atoms with van der Waals surface area (Å²) in [6, 6.07) is 13.3. The second-order valence-corrected chi connectivity index (χ2v) is 7.74. The van der Waals surface area contributed by atoms with Gasteiger partial charge in [-0.15, -0.1) is 11.3 Å². The Morgan fingerprint density at radius 2 is 1.86 bits per heavy atom. The molecule has 0 bridgehead atoms. The van der Waals surface area contributed by atoms with E-state index in [0.717, 1.165) is 11.4 Å². The fraction of sp³-hybridized carbons (Fsp3) is 0.273. The van der Waals surface area contributed by atoms with E-state index in [1.165, 1.54) is 28.3 Å². The van der Waals surface area contributed by atoms with E-state index >= 15 is 0 Å². The number of aliphatic carboxylic acids is 1. The van der Waals surface area contributed by atoms with E-state index in [-0.39, 0.29) is 12.8 Å². The van der Waals surface area contributed by atoms with Gasteiger partial charge in [0.15, 0.2) is 0 Å². The molecule has 7 heteroatoms. The molecule has 3 aromatic rings. The summed E-state index contributed by atoms with van der Waals surface area (Å²) < 4.78 is 5.95. The minimum Gasteiger partial charge on any atom is -0.481 e. The van der Waals surface area contributed by atoms with E-state index in [4.69, 9.17) is 9.84 Å². The fourth-order valence-corrected chi connectivity index (χ4v) is 4.35. The Labute approximate surface area is 173 Å². The van der Waals surface area contributed by atoms with Crippen LogP contribution in [0.2, 0.25) is 0 Å². The monoisotopic (exact) mass is 412 g/mol. The van der Waals surface area contributed by atoms with E-state index in [1.807, 2.05) is 24.3 Å². The summed E-state index contributed by atoms with van der Waals surface area (Å²) in [5.74, 6) is -1.42. The highest BCUT2D eigenvalue weighted by molar-refractivity contribution is 7.17. The van der Waals surface area contributed by atoms with Crippen LogP contribution in [0.25, 0.3) is 10.1 Å². The third kappa shape index (κ3) is 5.26. The van der Waals surface area contributed by atoms with Gasteiger partial charge in [-0.2, -0.15) is 0 Å². The van der Waals surface area contributed by atoms with Crippen LogP contribution < -0.4 is 10.6 Å². The molecule has 0 fully saturated rings. The van der Waals surface area contributed by atoms with E-state index in [2.05, 4.69) is 41.1 Å². The number of para-hydroxylation sites is 2. The SMILES string of the molecule is COC(=O)CC(CC(=O)O)Nc1ccccc1NCc1csc2cccc(C)c12. The standard InChI is InChI=1S/C22H24N2O4S/c1-14-6-5-9-19-22(14)15(13-29-19)12-23-17-7-3-4-8-18(17)24-16(10-20(25)26)11-21(27)28-2/h3-9,13,16,23-24H,10-12H2,1-2H3,(H,25,26). The van der Waals surface area contributed by atoms with Crippen LogP contribution in [-0.4, -0.2) is 30.2 Å². The third-order valence-electron chi connectivity index (χ3n) is 4.70.